The lowest BCUT2D eigenvalue weighted by molar-refractivity contribution is 0.444. The fourth-order valence-electron chi connectivity index (χ4n) is 0.750. The highest BCUT2D eigenvalue weighted by atomic mass is 127. The highest BCUT2D eigenvalue weighted by Gasteiger charge is 2.28. The van der Waals surface area contributed by atoms with Crippen LogP contribution in [0.3, 0.4) is 0 Å². The lowest BCUT2D eigenvalue weighted by atomic mass is 10.4. The van der Waals surface area contributed by atoms with E-state index in [1.165, 1.54) is 5.19 Å². The second-order valence-electron chi connectivity index (χ2n) is 2.09. The third kappa shape index (κ3) is 2.53. The van der Waals surface area contributed by atoms with Crippen molar-refractivity contribution in [3.63, 3.8) is 0 Å². The highest BCUT2D eigenvalue weighted by Crippen LogP contribution is 2.20. The van der Waals surface area contributed by atoms with Crippen LogP contribution in [-0.4, -0.2) is 11.5 Å². The molecule has 0 heterocycles. The predicted molar refractivity (Wildman–Crippen MR) is 61.8 cm³/mol. The number of hydrogen-bond acceptors (Lipinski definition) is 1. The molecule has 0 amide bonds. The summed E-state index contributed by atoms with van der Waals surface area (Å²) in [4.78, 5) is 0. The maximum absolute atomic E-state index is 5.37. The molecular formula is C7H8BrIOSi. The van der Waals surface area contributed by atoms with Crippen molar-refractivity contribution >= 4 is 46.7 Å². The van der Waals surface area contributed by atoms with E-state index in [0.29, 0.717) is 0 Å². The molecule has 0 aromatic heterocycles. The third-order valence-electron chi connectivity index (χ3n) is 1.37. The Balaban J connectivity index is 2.93. The van der Waals surface area contributed by atoms with Crippen molar-refractivity contribution in [3.05, 3.63) is 30.3 Å². The lowest BCUT2D eigenvalue weighted by Crippen LogP contribution is -2.37. The molecule has 0 aliphatic carbocycles. The molecule has 0 radical (unpaired) electrons. The number of hydrogen-bond donors (Lipinski definition) is 0. The van der Waals surface area contributed by atoms with Gasteiger partial charge in [0, 0.05) is 7.11 Å². The molecule has 0 fully saturated rings. The molecule has 0 saturated heterocycles. The van der Waals surface area contributed by atoms with Gasteiger partial charge < -0.3 is 4.43 Å². The molecule has 1 rings (SSSR count). The molecule has 1 unspecified atom stereocenters. The molecule has 60 valence electrons. The molecule has 1 atom stereocenters. The van der Waals surface area contributed by atoms with Crippen molar-refractivity contribution < 1.29 is 4.43 Å². The summed E-state index contributed by atoms with van der Waals surface area (Å²) in [5.74, 6) is 0. The van der Waals surface area contributed by atoms with E-state index in [4.69, 9.17) is 4.43 Å². The molecular weight excluding hydrogens is 335 g/mol. The second-order valence-corrected chi connectivity index (χ2v) is 16.5. The fourth-order valence-corrected chi connectivity index (χ4v) is 3.44. The number of rotatable bonds is 2. The van der Waals surface area contributed by atoms with Crippen LogP contribution in [0.1, 0.15) is 0 Å². The van der Waals surface area contributed by atoms with Gasteiger partial charge in [-0.15, -0.1) is 0 Å². The van der Waals surface area contributed by atoms with E-state index in [0.717, 1.165) is 0 Å². The van der Waals surface area contributed by atoms with Crippen LogP contribution in [-0.2, 0) is 4.43 Å². The minimum atomic E-state index is -1.77. The Kier molecular flexibility index (Phi) is 3.54. The van der Waals surface area contributed by atoms with Crippen LogP contribution < -0.4 is 5.19 Å². The normalized spacial score (nSPS) is 15.9. The summed E-state index contributed by atoms with van der Waals surface area (Å²) < 4.78 is 3.60. The highest BCUT2D eigenvalue weighted by molar-refractivity contribution is 14.1. The van der Waals surface area contributed by atoms with Crippen molar-refractivity contribution in [1.29, 1.82) is 0 Å². The van der Waals surface area contributed by atoms with Crippen molar-refractivity contribution in [1.82, 2.24) is 0 Å². The van der Waals surface area contributed by atoms with Gasteiger partial charge in [-0.3, -0.25) is 0 Å². The molecule has 1 nitrogen and oxygen atoms in total. The summed E-state index contributed by atoms with van der Waals surface area (Å²) in [5, 5.41) is 1.25. The Bertz CT molecular complexity index is 227. The molecule has 4 heteroatoms. The molecule has 1 aromatic carbocycles. The zero-order valence-electron chi connectivity index (χ0n) is 6.05. The van der Waals surface area contributed by atoms with E-state index >= 15 is 0 Å². The van der Waals surface area contributed by atoms with Crippen LogP contribution in [0, 0.1) is 0 Å². The summed E-state index contributed by atoms with van der Waals surface area (Å²) in [7, 11) is 1.74. The summed E-state index contributed by atoms with van der Waals surface area (Å²) in [6.45, 7) is 0. The fraction of sp³-hybridized carbons (Fsp3) is 0.143. The number of halogens is 2. The van der Waals surface area contributed by atoms with Crippen LogP contribution in [0.2, 0.25) is 0 Å². The van der Waals surface area contributed by atoms with Crippen molar-refractivity contribution in [2.45, 2.75) is 0 Å². The van der Waals surface area contributed by atoms with E-state index in [-0.39, 0.29) is 0 Å². The van der Waals surface area contributed by atoms with Gasteiger partial charge in [-0.2, -0.15) is 0 Å². The van der Waals surface area contributed by atoms with Gasteiger partial charge >= 0.3 is 4.43 Å². The standard InChI is InChI=1S/C7H8BrIOSi/c1-10-11(8,9)7-5-3-2-4-6-7/h2-6H,1H3. The van der Waals surface area contributed by atoms with Gasteiger partial charge in [-0.1, -0.05) is 67.4 Å². The second kappa shape index (κ2) is 4.02. The summed E-state index contributed by atoms with van der Waals surface area (Å²) in [6, 6.07) is 10.2. The van der Waals surface area contributed by atoms with Gasteiger partial charge in [0.2, 0.25) is 0 Å². The van der Waals surface area contributed by atoms with Gasteiger partial charge in [0.25, 0.3) is 0 Å². The van der Waals surface area contributed by atoms with Crippen LogP contribution in [0.15, 0.2) is 30.3 Å². The maximum atomic E-state index is 5.37. The predicted octanol–water partition coefficient (Wildman–Crippen LogP) is 2.31. The first kappa shape index (κ1) is 9.69. The van der Waals surface area contributed by atoms with Crippen molar-refractivity contribution in [2.75, 3.05) is 7.11 Å². The lowest BCUT2D eigenvalue weighted by Gasteiger charge is -2.14. The largest absolute Gasteiger partial charge is 0.399 e. The Morgan fingerprint density at radius 1 is 1.36 bits per heavy atom. The maximum Gasteiger partial charge on any atom is 0.363 e. The summed E-state index contributed by atoms with van der Waals surface area (Å²) >= 11 is 5.93. The van der Waals surface area contributed by atoms with Crippen molar-refractivity contribution in [3.8, 4) is 0 Å². The van der Waals surface area contributed by atoms with Gasteiger partial charge in [0.05, 0.1) is 0 Å². The van der Waals surface area contributed by atoms with Gasteiger partial charge in [-0.05, 0) is 5.19 Å². The zero-order valence-corrected chi connectivity index (χ0v) is 10.8. The molecule has 0 N–H and O–H groups in total. The Morgan fingerprint density at radius 2 is 1.91 bits per heavy atom. The molecule has 0 spiro atoms. The molecule has 0 bridgehead atoms. The molecule has 11 heavy (non-hydrogen) atoms. The molecule has 1 aromatic rings. The van der Waals surface area contributed by atoms with Crippen LogP contribution in [0.4, 0.5) is 0 Å². The molecule has 0 aliphatic rings. The minimum absolute atomic E-state index is 1.25. The Labute approximate surface area is 88.1 Å². The van der Waals surface area contributed by atoms with Gasteiger partial charge in [0.15, 0.2) is 0 Å². The third-order valence-corrected chi connectivity index (χ3v) is 8.42. The Hall–Kier alpha value is 0.607. The zero-order chi connectivity index (χ0) is 8.32. The SMILES string of the molecule is CO[Si](Br)(I)c1ccccc1. The van der Waals surface area contributed by atoms with Gasteiger partial charge in [-0.25, -0.2) is 0 Å². The average Bonchev–Trinajstić information content (AvgIpc) is 2.06. The number of benzene rings is 1. The first-order chi connectivity index (χ1) is 5.17. The molecule has 0 aliphatic heterocycles. The van der Waals surface area contributed by atoms with Crippen LogP contribution in [0.5, 0.6) is 0 Å². The van der Waals surface area contributed by atoms with E-state index in [1.54, 1.807) is 7.11 Å². The minimum Gasteiger partial charge on any atom is -0.399 e. The first-order valence-corrected chi connectivity index (χ1v) is 10.4. The quantitative estimate of drug-likeness (QED) is 0.455. The first-order valence-electron chi connectivity index (χ1n) is 3.15. The Morgan fingerprint density at radius 3 is 2.36 bits per heavy atom. The van der Waals surface area contributed by atoms with E-state index < -0.39 is 4.43 Å². The monoisotopic (exact) mass is 342 g/mol. The van der Waals surface area contributed by atoms with Gasteiger partial charge in [0.1, 0.15) is 0 Å². The average molecular weight is 343 g/mol. The van der Waals surface area contributed by atoms with E-state index in [1.807, 2.05) is 18.2 Å². The van der Waals surface area contributed by atoms with Crippen LogP contribution in [0.25, 0.3) is 0 Å². The smallest absolute Gasteiger partial charge is 0.363 e. The van der Waals surface area contributed by atoms with E-state index in [2.05, 4.69) is 49.2 Å². The summed E-state index contributed by atoms with van der Waals surface area (Å²) in [5.41, 5.74) is 0. The van der Waals surface area contributed by atoms with E-state index in [9.17, 15) is 0 Å². The van der Waals surface area contributed by atoms with Crippen LogP contribution >= 0.6 is 37.1 Å². The topological polar surface area (TPSA) is 9.23 Å². The molecule has 0 saturated carbocycles. The van der Waals surface area contributed by atoms with Crippen molar-refractivity contribution in [2.24, 2.45) is 0 Å². The summed E-state index contributed by atoms with van der Waals surface area (Å²) in [6.07, 6.45) is 0.